The molecule has 104 valence electrons. The highest BCUT2D eigenvalue weighted by Crippen LogP contribution is 2.24. The molecule has 0 bridgehead atoms. The summed E-state index contributed by atoms with van der Waals surface area (Å²) >= 11 is 5.91. The highest BCUT2D eigenvalue weighted by atomic mass is 35.5. The molecule has 1 aromatic carbocycles. The Morgan fingerprint density at radius 2 is 2.00 bits per heavy atom. The van der Waals surface area contributed by atoms with Crippen LogP contribution in [0.5, 0.6) is 5.75 Å². The number of nitrogens with one attached hydrogen (secondary N) is 1. The molecule has 2 N–H and O–H groups in total. The Hall–Kier alpha value is -1.75. The highest BCUT2D eigenvalue weighted by molar-refractivity contribution is 6.32. The first-order chi connectivity index (χ1) is 8.91. The summed E-state index contributed by atoms with van der Waals surface area (Å²) in [6.07, 6.45) is -0.749. The van der Waals surface area contributed by atoms with Crippen LogP contribution in [0.2, 0.25) is 5.02 Å². The lowest BCUT2D eigenvalue weighted by atomic mass is 10.2. The number of amides is 1. The summed E-state index contributed by atoms with van der Waals surface area (Å²) in [5.41, 5.74) is 0. The van der Waals surface area contributed by atoms with Crippen LogP contribution in [0.15, 0.2) is 24.3 Å². The van der Waals surface area contributed by atoms with Crippen molar-refractivity contribution in [2.24, 2.45) is 5.92 Å². The van der Waals surface area contributed by atoms with Crippen LogP contribution in [0.4, 0.5) is 0 Å². The Morgan fingerprint density at radius 3 is 2.58 bits per heavy atom. The lowest BCUT2D eigenvalue weighted by molar-refractivity contribution is -0.141. The summed E-state index contributed by atoms with van der Waals surface area (Å²) in [6, 6.07) is 6.83. The fraction of sp³-hybridized carbons (Fsp3) is 0.385. The van der Waals surface area contributed by atoms with Crippen LogP contribution < -0.4 is 10.1 Å². The average Bonchev–Trinajstić information content (AvgIpc) is 2.37. The molecule has 0 saturated heterocycles. The van der Waals surface area contributed by atoms with Gasteiger partial charge in [-0.25, -0.2) is 0 Å². The number of carbonyl (C=O) groups excluding carboxylic acids is 1. The van der Waals surface area contributed by atoms with Gasteiger partial charge in [0.05, 0.1) is 10.9 Å². The van der Waals surface area contributed by atoms with Crippen molar-refractivity contribution in [2.75, 3.05) is 6.54 Å². The van der Waals surface area contributed by atoms with Gasteiger partial charge in [0.2, 0.25) is 0 Å². The van der Waals surface area contributed by atoms with E-state index in [4.69, 9.17) is 21.4 Å². The molecule has 5 nitrogen and oxygen atoms in total. The van der Waals surface area contributed by atoms with Crippen LogP contribution >= 0.6 is 11.6 Å². The van der Waals surface area contributed by atoms with Crippen molar-refractivity contribution in [3.8, 4) is 5.75 Å². The number of benzene rings is 1. The van der Waals surface area contributed by atoms with Gasteiger partial charge in [0.15, 0.2) is 6.10 Å². The third-order valence-corrected chi connectivity index (χ3v) is 2.83. The summed E-state index contributed by atoms with van der Waals surface area (Å²) in [5.74, 6) is -1.57. The maximum absolute atomic E-state index is 11.7. The second-order valence-corrected chi connectivity index (χ2v) is 4.58. The average molecular weight is 286 g/mol. The summed E-state index contributed by atoms with van der Waals surface area (Å²) < 4.78 is 5.41. The van der Waals surface area contributed by atoms with E-state index in [9.17, 15) is 9.59 Å². The second kappa shape index (κ2) is 6.99. The standard InChI is InChI=1S/C13H16ClNO4/c1-8(13(17)18)7-15-12(16)9(2)19-11-6-4-3-5-10(11)14/h3-6,8-9H,7H2,1-2H3,(H,15,16)(H,17,18). The number of para-hydroxylation sites is 1. The van der Waals surface area contributed by atoms with Gasteiger partial charge in [0.25, 0.3) is 5.91 Å². The van der Waals surface area contributed by atoms with Gasteiger partial charge in [-0.1, -0.05) is 30.7 Å². The molecule has 1 amide bonds. The third kappa shape index (κ3) is 4.79. The minimum Gasteiger partial charge on any atom is -0.481 e. The lowest BCUT2D eigenvalue weighted by Gasteiger charge is -2.16. The Bertz CT molecular complexity index is 464. The lowest BCUT2D eigenvalue weighted by Crippen LogP contribution is -2.39. The summed E-state index contributed by atoms with van der Waals surface area (Å²) in [6.45, 7) is 3.15. The van der Waals surface area contributed by atoms with E-state index in [2.05, 4.69) is 5.32 Å². The predicted octanol–water partition coefficient (Wildman–Crippen LogP) is 1.94. The van der Waals surface area contributed by atoms with E-state index in [1.165, 1.54) is 6.92 Å². The van der Waals surface area contributed by atoms with Gasteiger partial charge in [0, 0.05) is 6.54 Å². The number of ether oxygens (including phenoxy) is 1. The Morgan fingerprint density at radius 1 is 1.37 bits per heavy atom. The largest absolute Gasteiger partial charge is 0.481 e. The second-order valence-electron chi connectivity index (χ2n) is 4.17. The maximum Gasteiger partial charge on any atom is 0.308 e. The first-order valence-electron chi connectivity index (χ1n) is 5.83. The predicted molar refractivity (Wildman–Crippen MR) is 71.4 cm³/mol. The van der Waals surface area contributed by atoms with Crippen molar-refractivity contribution in [3.05, 3.63) is 29.3 Å². The molecule has 1 aromatic rings. The zero-order chi connectivity index (χ0) is 14.4. The Labute approximate surface area is 116 Å². The number of carboxylic acids is 1. The molecule has 2 atom stereocenters. The normalized spacial score (nSPS) is 13.4. The van der Waals surface area contributed by atoms with Crippen molar-refractivity contribution in [2.45, 2.75) is 20.0 Å². The topological polar surface area (TPSA) is 75.6 Å². The number of carboxylic acid groups (broad SMARTS) is 1. The first-order valence-corrected chi connectivity index (χ1v) is 6.21. The van der Waals surface area contributed by atoms with Gasteiger partial charge < -0.3 is 15.2 Å². The van der Waals surface area contributed by atoms with E-state index in [0.29, 0.717) is 10.8 Å². The van der Waals surface area contributed by atoms with E-state index < -0.39 is 18.0 Å². The van der Waals surface area contributed by atoms with E-state index in [-0.39, 0.29) is 12.5 Å². The molecule has 0 aliphatic rings. The van der Waals surface area contributed by atoms with Crippen LogP contribution in [0, 0.1) is 5.92 Å². The molecule has 0 radical (unpaired) electrons. The number of halogens is 1. The van der Waals surface area contributed by atoms with Crippen molar-refractivity contribution < 1.29 is 19.4 Å². The molecule has 0 fully saturated rings. The van der Waals surface area contributed by atoms with E-state index in [1.807, 2.05) is 0 Å². The molecule has 6 heteroatoms. The van der Waals surface area contributed by atoms with Gasteiger partial charge in [-0.05, 0) is 19.1 Å². The molecule has 19 heavy (non-hydrogen) atoms. The molecular formula is C13H16ClNO4. The third-order valence-electron chi connectivity index (χ3n) is 2.51. The molecule has 0 aliphatic heterocycles. The number of rotatable bonds is 6. The minimum atomic E-state index is -0.958. The molecule has 0 heterocycles. The molecule has 0 spiro atoms. The minimum absolute atomic E-state index is 0.0599. The van der Waals surface area contributed by atoms with Gasteiger partial charge in [-0.2, -0.15) is 0 Å². The number of aliphatic carboxylic acids is 1. The van der Waals surface area contributed by atoms with Gasteiger partial charge in [0.1, 0.15) is 5.75 Å². The first kappa shape index (κ1) is 15.3. The summed E-state index contributed by atoms with van der Waals surface area (Å²) in [4.78, 5) is 22.3. The zero-order valence-electron chi connectivity index (χ0n) is 10.7. The molecule has 0 aliphatic carbocycles. The zero-order valence-corrected chi connectivity index (χ0v) is 11.5. The smallest absolute Gasteiger partial charge is 0.308 e. The van der Waals surface area contributed by atoms with Crippen LogP contribution in [-0.4, -0.2) is 29.6 Å². The van der Waals surface area contributed by atoms with Crippen LogP contribution in [-0.2, 0) is 9.59 Å². The molecule has 0 saturated carbocycles. The fourth-order valence-electron chi connectivity index (χ4n) is 1.27. The van der Waals surface area contributed by atoms with Crippen molar-refractivity contribution in [3.63, 3.8) is 0 Å². The summed E-state index contributed by atoms with van der Waals surface area (Å²) in [7, 11) is 0. The number of hydrogen-bond donors (Lipinski definition) is 2. The maximum atomic E-state index is 11.7. The SMILES string of the molecule is CC(CNC(=O)C(C)Oc1ccccc1Cl)C(=O)O. The number of carbonyl (C=O) groups is 2. The quantitative estimate of drug-likeness (QED) is 0.837. The van der Waals surface area contributed by atoms with Crippen LogP contribution in [0.1, 0.15) is 13.8 Å². The van der Waals surface area contributed by atoms with E-state index in [1.54, 1.807) is 31.2 Å². The van der Waals surface area contributed by atoms with Crippen molar-refractivity contribution >= 4 is 23.5 Å². The van der Waals surface area contributed by atoms with Gasteiger partial charge in [-0.3, -0.25) is 9.59 Å². The highest BCUT2D eigenvalue weighted by Gasteiger charge is 2.18. The van der Waals surface area contributed by atoms with E-state index in [0.717, 1.165) is 0 Å². The molecule has 2 unspecified atom stereocenters. The molecule has 0 aromatic heterocycles. The monoisotopic (exact) mass is 285 g/mol. The Balaban J connectivity index is 2.50. The van der Waals surface area contributed by atoms with Crippen LogP contribution in [0.3, 0.4) is 0 Å². The summed E-state index contributed by atoms with van der Waals surface area (Å²) in [5, 5.41) is 11.6. The Kier molecular flexibility index (Phi) is 5.63. The van der Waals surface area contributed by atoms with Crippen molar-refractivity contribution in [1.29, 1.82) is 0 Å². The van der Waals surface area contributed by atoms with Crippen molar-refractivity contribution in [1.82, 2.24) is 5.32 Å². The number of hydrogen-bond acceptors (Lipinski definition) is 3. The molecular weight excluding hydrogens is 270 g/mol. The van der Waals surface area contributed by atoms with E-state index >= 15 is 0 Å². The van der Waals surface area contributed by atoms with Gasteiger partial charge in [-0.15, -0.1) is 0 Å². The van der Waals surface area contributed by atoms with Gasteiger partial charge >= 0.3 is 5.97 Å². The fourth-order valence-corrected chi connectivity index (χ4v) is 1.45. The van der Waals surface area contributed by atoms with Crippen LogP contribution in [0.25, 0.3) is 0 Å². The molecule has 1 rings (SSSR count).